The van der Waals surface area contributed by atoms with E-state index in [0.717, 1.165) is 5.56 Å². The highest BCUT2D eigenvalue weighted by Gasteiger charge is 2.14. The molecule has 0 aliphatic heterocycles. The van der Waals surface area contributed by atoms with Crippen LogP contribution in [0.3, 0.4) is 0 Å². The number of hydrogen-bond acceptors (Lipinski definition) is 5. The fourth-order valence-corrected chi connectivity index (χ4v) is 2.22. The average molecular weight is 336 g/mol. The Hall–Kier alpha value is -3.41. The number of fused-ring (bicyclic) bond motifs is 1. The van der Waals surface area contributed by atoms with Crippen LogP contribution in [-0.2, 0) is 16.1 Å². The van der Waals surface area contributed by atoms with Gasteiger partial charge in [0.05, 0.1) is 1.37 Å². The van der Waals surface area contributed by atoms with Gasteiger partial charge in [-0.15, -0.1) is 15.0 Å². The summed E-state index contributed by atoms with van der Waals surface area (Å²) >= 11 is 0. The van der Waals surface area contributed by atoms with Gasteiger partial charge < -0.3 is 9.84 Å². The van der Waals surface area contributed by atoms with Gasteiger partial charge in [0.2, 0.25) is 0 Å². The number of esters is 1. The number of phenolic OH excluding ortho intramolecular Hbond substituents is 1. The van der Waals surface area contributed by atoms with E-state index >= 15 is 0 Å². The van der Waals surface area contributed by atoms with Gasteiger partial charge in [-0.25, -0.2) is 4.79 Å². The molecule has 3 rings (SSSR count). The predicted octanol–water partition coefficient (Wildman–Crippen LogP) is 3.39. The molecule has 0 amide bonds. The van der Waals surface area contributed by atoms with Gasteiger partial charge in [0.15, 0.2) is 0 Å². The largest absolute Gasteiger partial charge is 0.505 e. The smallest absolute Gasteiger partial charge is 0.333 e. The van der Waals surface area contributed by atoms with Crippen molar-refractivity contribution in [3.05, 3.63) is 66.2 Å². The van der Waals surface area contributed by atoms with Crippen molar-refractivity contribution in [1.29, 1.82) is 0 Å². The maximum Gasteiger partial charge on any atom is 0.333 e. The molecular weight excluding hydrogens is 318 g/mol. The first-order valence-corrected chi connectivity index (χ1v) is 7.54. The quantitative estimate of drug-likeness (QED) is 0.571. The zero-order valence-corrected chi connectivity index (χ0v) is 13.7. The van der Waals surface area contributed by atoms with Crippen molar-refractivity contribution in [1.82, 2.24) is 15.0 Å². The Bertz CT molecular complexity index is 1040. The third kappa shape index (κ3) is 3.28. The lowest BCUT2D eigenvalue weighted by atomic mass is 10.2. The lowest BCUT2D eigenvalue weighted by molar-refractivity contribution is -0.140. The van der Waals surface area contributed by atoms with Gasteiger partial charge in [-0.2, -0.15) is 0 Å². The van der Waals surface area contributed by atoms with Crippen LogP contribution in [0.4, 0.5) is 0 Å². The van der Waals surface area contributed by atoms with Crippen LogP contribution in [0.15, 0.2) is 55.1 Å². The summed E-state index contributed by atoms with van der Waals surface area (Å²) in [5.41, 5.74) is 2.94. The molecule has 0 radical (unpaired) electrons. The van der Waals surface area contributed by atoms with Crippen molar-refractivity contribution in [2.24, 2.45) is 0 Å². The number of benzene rings is 2. The minimum atomic E-state index is -0.568. The van der Waals surface area contributed by atoms with Crippen LogP contribution < -0.4 is 0 Å². The molecule has 0 atom stereocenters. The Kier molecular flexibility index (Phi) is 4.00. The van der Waals surface area contributed by atoms with Crippen LogP contribution in [0.1, 0.15) is 19.4 Å². The van der Waals surface area contributed by atoms with Crippen molar-refractivity contribution < 1.29 is 16.0 Å². The first-order chi connectivity index (χ1) is 12.4. The zero-order chi connectivity index (χ0) is 18.8. The summed E-state index contributed by atoms with van der Waals surface area (Å²) in [5.74, 6) is -0.721. The predicted molar refractivity (Wildman–Crippen MR) is 95.2 cm³/mol. The maximum atomic E-state index is 11.6. The van der Waals surface area contributed by atoms with Gasteiger partial charge in [-0.05, 0) is 30.7 Å². The normalized spacial score (nSPS) is 11.2. The lowest BCUT2D eigenvalue weighted by Gasteiger charge is -2.09. The van der Waals surface area contributed by atoms with E-state index in [1.165, 1.54) is 23.9 Å². The molecule has 0 aliphatic carbocycles. The Morgan fingerprint density at radius 3 is 2.84 bits per heavy atom. The number of carbonyl (C=O) groups is 1. The number of aromatic nitrogens is 3. The Balaban J connectivity index is 2.01. The maximum absolute atomic E-state index is 11.6. The number of phenols is 1. The molecule has 6 heteroatoms. The summed E-state index contributed by atoms with van der Waals surface area (Å²) in [6.45, 7) is 8.58. The van der Waals surface area contributed by atoms with Gasteiger partial charge in [-0.3, -0.25) is 0 Å². The Labute approximate surface area is 146 Å². The summed E-state index contributed by atoms with van der Waals surface area (Å²) in [4.78, 5) is 12.8. The van der Waals surface area contributed by atoms with Crippen LogP contribution in [0.25, 0.3) is 22.8 Å². The molecular formula is C19H17N3O3. The second-order valence-electron chi connectivity index (χ2n) is 5.51. The zero-order valence-electron chi connectivity index (χ0n) is 14.7. The Morgan fingerprint density at radius 2 is 2.12 bits per heavy atom. The molecule has 0 unspecified atom stereocenters. The molecule has 0 aliphatic rings. The number of rotatable bonds is 5. The van der Waals surface area contributed by atoms with Crippen LogP contribution in [0.5, 0.6) is 5.75 Å². The minimum absolute atomic E-state index is 0.132. The third-order valence-corrected chi connectivity index (χ3v) is 3.59. The van der Waals surface area contributed by atoms with E-state index in [0.29, 0.717) is 11.0 Å². The Morgan fingerprint density at radius 1 is 1.36 bits per heavy atom. The molecule has 0 spiro atoms. The summed E-state index contributed by atoms with van der Waals surface area (Å²) in [6.07, 6.45) is 1.70. The molecule has 6 nitrogen and oxygen atoms in total. The van der Waals surface area contributed by atoms with Gasteiger partial charge >= 0.3 is 5.97 Å². The van der Waals surface area contributed by atoms with Crippen molar-refractivity contribution in [2.75, 3.05) is 0 Å². The topological polar surface area (TPSA) is 77.2 Å². The van der Waals surface area contributed by atoms with Crippen molar-refractivity contribution >= 4 is 23.1 Å². The SMILES string of the molecule is [2H]c1cc(COC(=O)C(=C)C)c(O)c(-n2nc3ccc(C=C)cc3n2)c1. The molecule has 0 saturated carbocycles. The minimum Gasteiger partial charge on any atom is -0.505 e. The number of aromatic hydroxyl groups is 1. The van der Waals surface area contributed by atoms with E-state index in [2.05, 4.69) is 23.4 Å². The van der Waals surface area contributed by atoms with E-state index < -0.39 is 5.97 Å². The van der Waals surface area contributed by atoms with Gasteiger partial charge in [0.25, 0.3) is 0 Å². The second-order valence-corrected chi connectivity index (χ2v) is 5.51. The highest BCUT2D eigenvalue weighted by atomic mass is 16.5. The van der Waals surface area contributed by atoms with Crippen LogP contribution in [0, 0.1) is 0 Å². The number of hydrogen-bond donors (Lipinski definition) is 1. The number of nitrogens with zero attached hydrogens (tertiary/aromatic N) is 3. The molecule has 1 aromatic heterocycles. The highest BCUT2D eigenvalue weighted by Crippen LogP contribution is 2.27. The monoisotopic (exact) mass is 336 g/mol. The van der Waals surface area contributed by atoms with E-state index in [-0.39, 0.29) is 35.2 Å². The molecule has 0 fully saturated rings. The van der Waals surface area contributed by atoms with Gasteiger partial charge in [-0.1, -0.05) is 37.4 Å². The molecule has 126 valence electrons. The molecule has 0 saturated heterocycles. The summed E-state index contributed by atoms with van der Waals surface area (Å²) < 4.78 is 13.0. The summed E-state index contributed by atoms with van der Waals surface area (Å²) in [6, 6.07) is 8.47. The summed E-state index contributed by atoms with van der Waals surface area (Å²) in [7, 11) is 0. The van der Waals surface area contributed by atoms with Crippen LogP contribution in [0.2, 0.25) is 0 Å². The molecule has 3 aromatic rings. The summed E-state index contributed by atoms with van der Waals surface area (Å²) in [5, 5.41) is 19.2. The molecule has 0 bridgehead atoms. The fraction of sp³-hybridized carbons (Fsp3) is 0.105. The number of ether oxygens (including phenoxy) is 1. The van der Waals surface area contributed by atoms with E-state index in [4.69, 9.17) is 6.11 Å². The standard InChI is InChI=1S/C19H17N3O3/c1-4-13-8-9-15-16(10-13)21-22(20-15)17-7-5-6-14(18(17)23)11-25-19(24)12(2)3/h4-10,23H,1-2,11H2,3H3/i5D. The molecule has 1 heterocycles. The lowest BCUT2D eigenvalue weighted by Crippen LogP contribution is -2.06. The van der Waals surface area contributed by atoms with E-state index in [9.17, 15) is 9.90 Å². The fourth-order valence-electron chi connectivity index (χ4n) is 2.22. The average Bonchev–Trinajstić information content (AvgIpc) is 3.04. The second kappa shape index (κ2) is 6.60. The number of carbonyl (C=O) groups excluding carboxylic acids is 1. The molecule has 1 N–H and O–H groups in total. The van der Waals surface area contributed by atoms with Crippen molar-refractivity contribution in [3.8, 4) is 11.4 Å². The number of para-hydroxylation sites is 1. The van der Waals surface area contributed by atoms with Gasteiger partial charge in [0, 0.05) is 11.1 Å². The molecule has 2 aromatic carbocycles. The van der Waals surface area contributed by atoms with E-state index in [1.807, 2.05) is 12.1 Å². The third-order valence-electron chi connectivity index (χ3n) is 3.59. The molecule has 25 heavy (non-hydrogen) atoms. The van der Waals surface area contributed by atoms with Crippen LogP contribution in [-0.4, -0.2) is 26.1 Å². The first kappa shape index (κ1) is 15.1. The van der Waals surface area contributed by atoms with Crippen molar-refractivity contribution in [3.63, 3.8) is 0 Å². The highest BCUT2D eigenvalue weighted by molar-refractivity contribution is 5.87. The van der Waals surface area contributed by atoms with Crippen molar-refractivity contribution in [2.45, 2.75) is 13.5 Å². The van der Waals surface area contributed by atoms with E-state index in [1.54, 1.807) is 12.1 Å². The van der Waals surface area contributed by atoms with Gasteiger partial charge in [0.1, 0.15) is 29.1 Å². The first-order valence-electron chi connectivity index (χ1n) is 8.04. The van der Waals surface area contributed by atoms with Crippen LogP contribution >= 0.6 is 0 Å².